The van der Waals surface area contributed by atoms with E-state index in [-0.39, 0.29) is 0 Å². The lowest BCUT2D eigenvalue weighted by molar-refractivity contribution is 0.112. The van der Waals surface area contributed by atoms with Crippen molar-refractivity contribution < 1.29 is 4.79 Å². The van der Waals surface area contributed by atoms with Crippen LogP contribution in [0.3, 0.4) is 0 Å². The van der Waals surface area contributed by atoms with Crippen molar-refractivity contribution in [1.82, 2.24) is 10.2 Å². The van der Waals surface area contributed by atoms with Gasteiger partial charge in [0.25, 0.3) is 0 Å². The van der Waals surface area contributed by atoms with E-state index in [9.17, 15) is 4.79 Å². The van der Waals surface area contributed by atoms with Gasteiger partial charge in [-0.2, -0.15) is 5.10 Å². The molecule has 0 spiro atoms. The number of carbonyl (C=O) groups is 1. The molecule has 0 aliphatic heterocycles. The van der Waals surface area contributed by atoms with Gasteiger partial charge in [-0.05, 0) is 34.7 Å². The molecule has 0 amide bonds. The Kier molecular flexibility index (Phi) is 2.25. The van der Waals surface area contributed by atoms with Crippen LogP contribution in [-0.4, -0.2) is 16.5 Å². The number of nitrogens with one attached hydrogen (secondary N) is 1. The zero-order valence-electron chi connectivity index (χ0n) is 6.34. The number of fused-ring (bicyclic) bond motifs is 1. The van der Waals surface area contributed by atoms with Gasteiger partial charge in [0.1, 0.15) is 5.69 Å². The molecule has 0 aliphatic rings. The quantitative estimate of drug-likeness (QED) is 0.650. The predicted molar refractivity (Wildman–Crippen MR) is 59.2 cm³/mol. The second-order valence-electron chi connectivity index (χ2n) is 2.54. The molecule has 0 bridgehead atoms. The third-order valence-electron chi connectivity index (χ3n) is 1.72. The maximum Gasteiger partial charge on any atom is 0.168 e. The maximum absolute atomic E-state index is 10.6. The third-order valence-corrected chi connectivity index (χ3v) is 2.79. The van der Waals surface area contributed by atoms with Crippen LogP contribution in [0.4, 0.5) is 0 Å². The summed E-state index contributed by atoms with van der Waals surface area (Å²) >= 11 is 7.96. The fourth-order valence-corrected chi connectivity index (χ4v) is 2.48. The van der Waals surface area contributed by atoms with Crippen LogP contribution in [0, 0.1) is 3.57 Å². The molecule has 66 valence electrons. The molecule has 0 aliphatic carbocycles. The first-order valence-corrected chi connectivity index (χ1v) is 4.96. The molecule has 5 heteroatoms. The van der Waals surface area contributed by atoms with Gasteiger partial charge in [0.05, 0.1) is 5.52 Å². The Morgan fingerprint density at radius 1 is 1.54 bits per heavy atom. The van der Waals surface area contributed by atoms with Crippen molar-refractivity contribution in [3.05, 3.63) is 26.4 Å². The average molecular weight is 306 g/mol. The predicted octanol–water partition coefficient (Wildman–Crippen LogP) is 2.63. The summed E-state index contributed by atoms with van der Waals surface area (Å²) in [7, 11) is 0. The van der Waals surface area contributed by atoms with E-state index in [0.717, 1.165) is 20.8 Å². The summed E-state index contributed by atoms with van der Waals surface area (Å²) in [5.41, 5.74) is 1.22. The first-order chi connectivity index (χ1) is 6.22. The summed E-state index contributed by atoms with van der Waals surface area (Å²) in [5.74, 6) is 0. The van der Waals surface area contributed by atoms with Gasteiger partial charge in [0.2, 0.25) is 0 Å². The van der Waals surface area contributed by atoms with Crippen molar-refractivity contribution >= 4 is 51.4 Å². The number of benzene rings is 1. The molecular formula is C8H4ClIN2O. The highest BCUT2D eigenvalue weighted by molar-refractivity contribution is 14.1. The molecule has 0 fully saturated rings. The number of aldehydes is 1. The van der Waals surface area contributed by atoms with Crippen molar-refractivity contribution in [2.45, 2.75) is 0 Å². The highest BCUT2D eigenvalue weighted by Crippen LogP contribution is 2.25. The van der Waals surface area contributed by atoms with E-state index in [4.69, 9.17) is 11.6 Å². The van der Waals surface area contributed by atoms with Gasteiger partial charge in [0, 0.05) is 14.0 Å². The highest BCUT2D eigenvalue weighted by Gasteiger charge is 2.08. The number of hydrogen-bond donors (Lipinski definition) is 1. The molecule has 2 rings (SSSR count). The van der Waals surface area contributed by atoms with Crippen LogP contribution >= 0.6 is 34.2 Å². The van der Waals surface area contributed by atoms with Crippen molar-refractivity contribution in [1.29, 1.82) is 0 Å². The number of H-pyrrole nitrogens is 1. The lowest BCUT2D eigenvalue weighted by Gasteiger charge is -1.94. The molecule has 0 atom stereocenters. The summed E-state index contributed by atoms with van der Waals surface area (Å²) in [6, 6.07) is 3.52. The lowest BCUT2D eigenvalue weighted by atomic mass is 10.2. The first-order valence-electron chi connectivity index (χ1n) is 3.50. The molecule has 3 nitrogen and oxygen atoms in total. The van der Waals surface area contributed by atoms with E-state index in [1.807, 2.05) is 0 Å². The van der Waals surface area contributed by atoms with Crippen LogP contribution in [0.1, 0.15) is 10.5 Å². The third kappa shape index (κ3) is 1.44. The van der Waals surface area contributed by atoms with Crippen LogP contribution in [0.15, 0.2) is 12.1 Å². The normalized spacial score (nSPS) is 10.6. The van der Waals surface area contributed by atoms with Crippen molar-refractivity contribution in [3.63, 3.8) is 0 Å². The lowest BCUT2D eigenvalue weighted by Crippen LogP contribution is -1.81. The maximum atomic E-state index is 10.6. The number of nitrogens with zero attached hydrogens (tertiary/aromatic N) is 1. The minimum Gasteiger partial charge on any atom is -0.296 e. The molecule has 0 saturated heterocycles. The Balaban J connectivity index is 2.89. The molecule has 2 aromatic rings. The van der Waals surface area contributed by atoms with Gasteiger partial charge in [-0.25, -0.2) is 0 Å². The summed E-state index contributed by atoms with van der Waals surface area (Å²) in [5, 5.41) is 8.07. The van der Waals surface area contributed by atoms with Crippen LogP contribution in [0.5, 0.6) is 0 Å². The molecule has 0 saturated carbocycles. The number of halogens is 2. The number of carbonyl (C=O) groups excluding carboxylic acids is 1. The molecule has 0 unspecified atom stereocenters. The fourth-order valence-electron chi connectivity index (χ4n) is 1.18. The van der Waals surface area contributed by atoms with Gasteiger partial charge >= 0.3 is 0 Å². The molecule has 1 N–H and O–H groups in total. The fraction of sp³-hybridized carbons (Fsp3) is 0. The molecular weight excluding hydrogens is 302 g/mol. The monoisotopic (exact) mass is 306 g/mol. The number of hydrogen-bond acceptors (Lipinski definition) is 2. The number of aromatic amines is 1. The van der Waals surface area contributed by atoms with Crippen LogP contribution in [-0.2, 0) is 0 Å². The Bertz CT molecular complexity index is 480. The second-order valence-corrected chi connectivity index (χ2v) is 4.14. The van der Waals surface area contributed by atoms with Gasteiger partial charge in [-0.3, -0.25) is 9.89 Å². The van der Waals surface area contributed by atoms with E-state index < -0.39 is 0 Å². The Morgan fingerprint density at radius 3 is 3.00 bits per heavy atom. The molecule has 1 aromatic carbocycles. The Morgan fingerprint density at radius 2 is 2.31 bits per heavy atom. The number of aromatic nitrogens is 2. The summed E-state index contributed by atoms with van der Waals surface area (Å²) < 4.78 is 0.927. The summed E-state index contributed by atoms with van der Waals surface area (Å²) in [6.07, 6.45) is 0.755. The van der Waals surface area contributed by atoms with E-state index in [0.29, 0.717) is 10.7 Å². The second kappa shape index (κ2) is 3.26. The van der Waals surface area contributed by atoms with Gasteiger partial charge in [0.15, 0.2) is 6.29 Å². The van der Waals surface area contributed by atoms with Crippen molar-refractivity contribution in [3.8, 4) is 0 Å². The molecule has 13 heavy (non-hydrogen) atoms. The van der Waals surface area contributed by atoms with Gasteiger partial charge in [-0.15, -0.1) is 0 Å². The Labute approximate surface area is 92.6 Å². The zero-order chi connectivity index (χ0) is 9.42. The zero-order valence-corrected chi connectivity index (χ0v) is 9.26. The highest BCUT2D eigenvalue weighted by atomic mass is 127. The smallest absolute Gasteiger partial charge is 0.168 e. The SMILES string of the molecule is O=Cc1[nH]nc2cc(Cl)cc(I)c12. The largest absolute Gasteiger partial charge is 0.296 e. The van der Waals surface area contributed by atoms with E-state index >= 15 is 0 Å². The molecule has 1 heterocycles. The standard InChI is InChI=1S/C8H4ClIN2O/c9-4-1-5(10)8-6(2-4)11-12-7(8)3-13/h1-3H,(H,11,12). The van der Waals surface area contributed by atoms with Crippen LogP contribution in [0.2, 0.25) is 5.02 Å². The molecule has 1 aromatic heterocycles. The minimum atomic E-state index is 0.496. The number of rotatable bonds is 1. The topological polar surface area (TPSA) is 45.8 Å². The first kappa shape index (κ1) is 8.96. The van der Waals surface area contributed by atoms with E-state index in [1.54, 1.807) is 12.1 Å². The Hall–Kier alpha value is -0.620. The van der Waals surface area contributed by atoms with E-state index in [2.05, 4.69) is 32.8 Å². The van der Waals surface area contributed by atoms with Gasteiger partial charge < -0.3 is 0 Å². The van der Waals surface area contributed by atoms with E-state index in [1.165, 1.54) is 0 Å². The van der Waals surface area contributed by atoms with Crippen LogP contribution < -0.4 is 0 Å². The molecule has 0 radical (unpaired) electrons. The van der Waals surface area contributed by atoms with Gasteiger partial charge in [-0.1, -0.05) is 11.6 Å². The summed E-state index contributed by atoms with van der Waals surface area (Å²) in [6.45, 7) is 0. The average Bonchev–Trinajstić information content (AvgIpc) is 2.47. The van der Waals surface area contributed by atoms with Crippen LogP contribution in [0.25, 0.3) is 10.9 Å². The minimum absolute atomic E-state index is 0.496. The van der Waals surface area contributed by atoms with Crippen molar-refractivity contribution in [2.24, 2.45) is 0 Å². The van der Waals surface area contributed by atoms with Crippen molar-refractivity contribution in [2.75, 3.05) is 0 Å². The summed E-state index contributed by atoms with van der Waals surface area (Å²) in [4.78, 5) is 10.6.